The highest BCUT2D eigenvalue weighted by Gasteiger charge is 2.21. The quantitative estimate of drug-likeness (QED) is 0.812. The number of amides is 1. The van der Waals surface area contributed by atoms with Crippen LogP contribution in [-0.4, -0.2) is 39.0 Å². The molecule has 104 valence electrons. The minimum atomic E-state index is -0.186. The van der Waals surface area contributed by atoms with Crippen molar-refractivity contribution in [1.82, 2.24) is 19.9 Å². The second-order valence-corrected chi connectivity index (χ2v) is 5.44. The molecule has 0 N–H and O–H groups in total. The van der Waals surface area contributed by atoms with Crippen LogP contribution in [0.25, 0.3) is 11.3 Å². The first kappa shape index (κ1) is 13.4. The Morgan fingerprint density at radius 1 is 1.15 bits per heavy atom. The van der Waals surface area contributed by atoms with Crippen LogP contribution in [0.4, 0.5) is 4.79 Å². The van der Waals surface area contributed by atoms with Crippen LogP contribution in [0, 0.1) is 0 Å². The first-order chi connectivity index (χ1) is 9.65. The van der Waals surface area contributed by atoms with Crippen molar-refractivity contribution in [3.8, 4) is 11.3 Å². The van der Waals surface area contributed by atoms with E-state index in [-0.39, 0.29) is 6.03 Å². The summed E-state index contributed by atoms with van der Waals surface area (Å²) in [5.41, 5.74) is 1.37. The second-order valence-electron chi connectivity index (χ2n) is 4.62. The highest BCUT2D eigenvalue weighted by molar-refractivity contribution is 6.42. The summed E-state index contributed by atoms with van der Waals surface area (Å²) in [4.78, 5) is 15.0. The number of likely N-dealkylation sites (tertiary alicyclic amines) is 1. The number of hydrogen-bond donors (Lipinski definition) is 0. The lowest BCUT2D eigenvalue weighted by Crippen LogP contribution is -2.33. The molecule has 2 heterocycles. The molecule has 0 radical (unpaired) electrons. The molecule has 7 heteroatoms. The van der Waals surface area contributed by atoms with Crippen molar-refractivity contribution < 1.29 is 4.79 Å². The summed E-state index contributed by atoms with van der Waals surface area (Å²) < 4.78 is 0. The number of rotatable bonds is 1. The fourth-order valence-electron chi connectivity index (χ4n) is 2.18. The third-order valence-corrected chi connectivity index (χ3v) is 3.99. The summed E-state index contributed by atoms with van der Waals surface area (Å²) >= 11 is 11.9. The molecular formula is C13H12Cl2N4O. The van der Waals surface area contributed by atoms with Crippen LogP contribution in [-0.2, 0) is 0 Å². The molecule has 1 saturated heterocycles. The minimum absolute atomic E-state index is 0.186. The Labute approximate surface area is 126 Å². The first-order valence-electron chi connectivity index (χ1n) is 6.32. The van der Waals surface area contributed by atoms with Gasteiger partial charge in [0, 0.05) is 18.7 Å². The number of aromatic nitrogens is 3. The second kappa shape index (κ2) is 5.42. The molecule has 5 nitrogen and oxygen atoms in total. The van der Waals surface area contributed by atoms with E-state index >= 15 is 0 Å². The third kappa shape index (κ3) is 2.51. The summed E-state index contributed by atoms with van der Waals surface area (Å²) in [7, 11) is 0. The van der Waals surface area contributed by atoms with Crippen molar-refractivity contribution in [2.24, 2.45) is 0 Å². The van der Waals surface area contributed by atoms with Crippen LogP contribution < -0.4 is 0 Å². The predicted octanol–water partition coefficient (Wildman–Crippen LogP) is 3.32. The van der Waals surface area contributed by atoms with E-state index in [1.165, 1.54) is 0 Å². The molecule has 3 rings (SSSR count). The molecular weight excluding hydrogens is 299 g/mol. The number of nitrogens with zero attached hydrogens (tertiary/aromatic N) is 4. The smallest absolute Gasteiger partial charge is 0.322 e. The highest BCUT2D eigenvalue weighted by atomic mass is 35.5. The zero-order valence-electron chi connectivity index (χ0n) is 10.6. The number of hydrogen-bond acceptors (Lipinski definition) is 3. The molecule has 1 fully saturated rings. The summed E-state index contributed by atoms with van der Waals surface area (Å²) in [6.45, 7) is 1.53. The molecule has 1 aliphatic heterocycles. The Hall–Kier alpha value is -1.59. The Morgan fingerprint density at radius 2 is 1.90 bits per heavy atom. The normalized spacial score (nSPS) is 14.8. The van der Waals surface area contributed by atoms with Crippen LogP contribution in [0.15, 0.2) is 24.4 Å². The van der Waals surface area contributed by atoms with E-state index in [1.807, 2.05) is 0 Å². The van der Waals surface area contributed by atoms with Gasteiger partial charge < -0.3 is 4.90 Å². The minimum Gasteiger partial charge on any atom is -0.322 e. The van der Waals surface area contributed by atoms with Crippen LogP contribution in [0.1, 0.15) is 12.8 Å². The maximum absolute atomic E-state index is 12.1. The third-order valence-electron chi connectivity index (χ3n) is 3.25. The maximum atomic E-state index is 12.1. The van der Waals surface area contributed by atoms with Gasteiger partial charge >= 0.3 is 6.03 Å². The zero-order chi connectivity index (χ0) is 14.1. The lowest BCUT2D eigenvalue weighted by Gasteiger charge is -2.12. The van der Waals surface area contributed by atoms with Gasteiger partial charge in [0.05, 0.1) is 16.2 Å². The van der Waals surface area contributed by atoms with E-state index in [9.17, 15) is 4.79 Å². The monoisotopic (exact) mass is 310 g/mol. The van der Waals surface area contributed by atoms with Gasteiger partial charge in [-0.15, -0.1) is 5.10 Å². The fourth-order valence-corrected chi connectivity index (χ4v) is 2.48. The maximum Gasteiger partial charge on any atom is 0.362 e. The summed E-state index contributed by atoms with van der Waals surface area (Å²) in [6.07, 6.45) is 3.62. The summed E-state index contributed by atoms with van der Waals surface area (Å²) in [5, 5.41) is 9.17. The van der Waals surface area contributed by atoms with Gasteiger partial charge in [0.1, 0.15) is 5.69 Å². The van der Waals surface area contributed by atoms with Gasteiger partial charge in [-0.3, -0.25) is 0 Å². The topological polar surface area (TPSA) is 51.0 Å². The number of halogens is 2. The number of carbonyl (C=O) groups is 1. The van der Waals surface area contributed by atoms with Gasteiger partial charge in [-0.1, -0.05) is 34.1 Å². The van der Waals surface area contributed by atoms with E-state index in [0.717, 1.165) is 36.3 Å². The van der Waals surface area contributed by atoms with Crippen LogP contribution >= 0.6 is 23.2 Å². The van der Waals surface area contributed by atoms with Crippen molar-refractivity contribution in [3.63, 3.8) is 0 Å². The molecule has 2 aromatic rings. The van der Waals surface area contributed by atoms with Crippen LogP contribution in [0.3, 0.4) is 0 Å². The van der Waals surface area contributed by atoms with Crippen molar-refractivity contribution in [1.29, 1.82) is 0 Å². The lowest BCUT2D eigenvalue weighted by molar-refractivity contribution is 0.203. The molecule has 1 aromatic heterocycles. The Balaban J connectivity index is 1.85. The standard InChI is InChI=1S/C13H12Cl2N4O/c14-10-4-3-9(7-11(10)15)12-8-16-19(17-12)13(20)18-5-1-2-6-18/h3-4,7-8H,1-2,5-6H2. The molecule has 0 aliphatic carbocycles. The molecule has 1 aliphatic rings. The van der Waals surface area contributed by atoms with Gasteiger partial charge in [0.25, 0.3) is 0 Å². The Morgan fingerprint density at radius 3 is 2.60 bits per heavy atom. The molecule has 0 saturated carbocycles. The highest BCUT2D eigenvalue weighted by Crippen LogP contribution is 2.27. The van der Waals surface area contributed by atoms with Gasteiger partial charge in [0.2, 0.25) is 0 Å². The largest absolute Gasteiger partial charge is 0.362 e. The molecule has 20 heavy (non-hydrogen) atoms. The average molecular weight is 311 g/mol. The van der Waals surface area contributed by atoms with E-state index < -0.39 is 0 Å². The van der Waals surface area contributed by atoms with Crippen LogP contribution in [0.5, 0.6) is 0 Å². The molecule has 1 amide bonds. The van der Waals surface area contributed by atoms with E-state index in [4.69, 9.17) is 23.2 Å². The van der Waals surface area contributed by atoms with E-state index in [0.29, 0.717) is 15.7 Å². The van der Waals surface area contributed by atoms with Crippen molar-refractivity contribution in [2.75, 3.05) is 13.1 Å². The Kier molecular flexibility index (Phi) is 3.63. The van der Waals surface area contributed by atoms with E-state index in [1.54, 1.807) is 29.3 Å². The fraction of sp³-hybridized carbons (Fsp3) is 0.308. The number of benzene rings is 1. The molecule has 0 atom stereocenters. The van der Waals surface area contributed by atoms with Gasteiger partial charge in [-0.25, -0.2) is 4.79 Å². The van der Waals surface area contributed by atoms with Crippen molar-refractivity contribution in [2.45, 2.75) is 12.8 Å². The summed E-state index contributed by atoms with van der Waals surface area (Å²) in [5.74, 6) is 0. The van der Waals surface area contributed by atoms with Crippen molar-refractivity contribution in [3.05, 3.63) is 34.4 Å². The van der Waals surface area contributed by atoms with Crippen molar-refractivity contribution >= 4 is 29.2 Å². The van der Waals surface area contributed by atoms with E-state index in [2.05, 4.69) is 10.2 Å². The lowest BCUT2D eigenvalue weighted by atomic mass is 10.2. The molecule has 0 unspecified atom stereocenters. The van der Waals surface area contributed by atoms with Gasteiger partial charge in [0.15, 0.2) is 0 Å². The zero-order valence-corrected chi connectivity index (χ0v) is 12.1. The SMILES string of the molecule is O=C(N1CCCC1)n1ncc(-c2ccc(Cl)c(Cl)c2)n1. The molecule has 0 bridgehead atoms. The van der Waals surface area contributed by atoms with Gasteiger partial charge in [-0.2, -0.15) is 5.10 Å². The summed E-state index contributed by atoms with van der Waals surface area (Å²) in [6, 6.07) is 5.01. The molecule has 1 aromatic carbocycles. The predicted molar refractivity (Wildman–Crippen MR) is 77.1 cm³/mol. The Bertz CT molecular complexity index is 650. The van der Waals surface area contributed by atoms with Crippen LogP contribution in [0.2, 0.25) is 10.0 Å². The average Bonchev–Trinajstić information content (AvgIpc) is 3.11. The van der Waals surface area contributed by atoms with Gasteiger partial charge in [-0.05, 0) is 25.0 Å². The first-order valence-corrected chi connectivity index (χ1v) is 7.08. The number of carbonyl (C=O) groups excluding carboxylic acids is 1. The molecule has 0 spiro atoms.